The molecule has 2 rings (SSSR count). The number of rotatable bonds is 2. The Labute approximate surface area is 103 Å². The summed E-state index contributed by atoms with van der Waals surface area (Å²) in [4.78, 5) is 17.2. The SMILES string of the molecule is CNc1ncc(F)cc1C(=O)N1CC(O)C(O)C1. The van der Waals surface area contributed by atoms with Gasteiger partial charge in [0.15, 0.2) is 0 Å². The summed E-state index contributed by atoms with van der Waals surface area (Å²) in [5.41, 5.74) is 0.0822. The molecule has 0 saturated carbocycles. The van der Waals surface area contributed by atoms with Crippen LogP contribution in [0.4, 0.5) is 10.2 Å². The zero-order valence-corrected chi connectivity index (χ0v) is 9.80. The number of likely N-dealkylation sites (tertiary alicyclic amines) is 1. The van der Waals surface area contributed by atoms with Crippen molar-refractivity contribution in [1.82, 2.24) is 9.88 Å². The van der Waals surface area contributed by atoms with E-state index in [0.717, 1.165) is 12.3 Å². The van der Waals surface area contributed by atoms with Crippen LogP contribution in [0.2, 0.25) is 0 Å². The molecule has 18 heavy (non-hydrogen) atoms. The first-order chi connectivity index (χ1) is 8.52. The summed E-state index contributed by atoms with van der Waals surface area (Å²) in [6.45, 7) is 0.0549. The molecular weight excluding hydrogens is 241 g/mol. The van der Waals surface area contributed by atoms with Gasteiger partial charge in [-0.2, -0.15) is 0 Å². The molecule has 0 radical (unpaired) electrons. The number of aromatic nitrogens is 1. The number of aliphatic hydroxyl groups is 2. The molecular formula is C11H14FN3O3. The smallest absolute Gasteiger partial charge is 0.257 e. The molecule has 1 amide bonds. The molecule has 1 aliphatic heterocycles. The molecule has 1 aliphatic rings. The second-order valence-corrected chi connectivity index (χ2v) is 4.14. The standard InChI is InChI=1S/C11H14FN3O3/c1-13-10-7(2-6(12)3-14-10)11(18)15-4-8(16)9(17)5-15/h2-3,8-9,16-17H,4-5H2,1H3,(H,13,14). The van der Waals surface area contributed by atoms with Gasteiger partial charge in [-0.25, -0.2) is 9.37 Å². The molecule has 1 aromatic heterocycles. The number of amides is 1. The van der Waals surface area contributed by atoms with Crippen molar-refractivity contribution in [2.24, 2.45) is 0 Å². The number of halogens is 1. The summed E-state index contributed by atoms with van der Waals surface area (Å²) in [7, 11) is 1.57. The molecule has 6 nitrogen and oxygen atoms in total. The number of anilines is 1. The van der Waals surface area contributed by atoms with Crippen molar-refractivity contribution in [2.45, 2.75) is 12.2 Å². The predicted octanol–water partition coefficient (Wildman–Crippen LogP) is -0.560. The Morgan fingerprint density at radius 3 is 2.67 bits per heavy atom. The fraction of sp³-hybridized carbons (Fsp3) is 0.455. The Balaban J connectivity index is 2.26. The average Bonchev–Trinajstić information content (AvgIpc) is 2.68. The molecule has 0 spiro atoms. The van der Waals surface area contributed by atoms with E-state index in [4.69, 9.17) is 0 Å². The molecule has 2 atom stereocenters. The zero-order chi connectivity index (χ0) is 13.3. The highest BCUT2D eigenvalue weighted by Gasteiger charge is 2.33. The second kappa shape index (κ2) is 4.87. The fourth-order valence-corrected chi connectivity index (χ4v) is 1.91. The van der Waals surface area contributed by atoms with Gasteiger partial charge in [0.25, 0.3) is 5.91 Å². The summed E-state index contributed by atoms with van der Waals surface area (Å²) >= 11 is 0. The number of carbonyl (C=O) groups is 1. The van der Waals surface area contributed by atoms with Crippen LogP contribution in [0, 0.1) is 5.82 Å². The molecule has 0 bridgehead atoms. The number of aliphatic hydroxyl groups excluding tert-OH is 2. The highest BCUT2D eigenvalue weighted by Crippen LogP contribution is 2.19. The van der Waals surface area contributed by atoms with Crippen LogP contribution in [0.25, 0.3) is 0 Å². The third-order valence-electron chi connectivity index (χ3n) is 2.87. The molecule has 1 aromatic rings. The maximum Gasteiger partial charge on any atom is 0.257 e. The van der Waals surface area contributed by atoms with E-state index in [2.05, 4.69) is 10.3 Å². The normalized spacial score (nSPS) is 23.2. The van der Waals surface area contributed by atoms with Gasteiger partial charge in [-0.3, -0.25) is 4.79 Å². The maximum absolute atomic E-state index is 13.1. The van der Waals surface area contributed by atoms with Crippen molar-refractivity contribution < 1.29 is 19.4 Å². The third kappa shape index (κ3) is 2.27. The number of nitrogens with zero attached hydrogens (tertiary/aromatic N) is 2. The summed E-state index contributed by atoms with van der Waals surface area (Å²) in [6, 6.07) is 1.08. The van der Waals surface area contributed by atoms with Gasteiger partial charge >= 0.3 is 0 Å². The van der Waals surface area contributed by atoms with Crippen molar-refractivity contribution in [2.75, 3.05) is 25.5 Å². The lowest BCUT2D eigenvalue weighted by atomic mass is 10.2. The van der Waals surface area contributed by atoms with Crippen molar-refractivity contribution in [1.29, 1.82) is 0 Å². The van der Waals surface area contributed by atoms with Crippen LogP contribution in [0.3, 0.4) is 0 Å². The molecule has 0 aliphatic carbocycles. The molecule has 1 saturated heterocycles. The van der Waals surface area contributed by atoms with Crippen LogP contribution in [0.15, 0.2) is 12.3 Å². The van der Waals surface area contributed by atoms with E-state index in [9.17, 15) is 19.4 Å². The molecule has 3 N–H and O–H groups in total. The number of pyridine rings is 1. The Hall–Kier alpha value is -1.73. The zero-order valence-electron chi connectivity index (χ0n) is 9.80. The Kier molecular flexibility index (Phi) is 3.44. The molecule has 7 heteroatoms. The van der Waals surface area contributed by atoms with Gasteiger partial charge < -0.3 is 20.4 Å². The number of nitrogens with one attached hydrogen (secondary N) is 1. The average molecular weight is 255 g/mol. The fourth-order valence-electron chi connectivity index (χ4n) is 1.91. The number of β-amino-alcohol motifs (C(OH)–C–C–N with tert-alkyl or cyclic N) is 2. The van der Waals surface area contributed by atoms with Gasteiger partial charge in [-0.1, -0.05) is 0 Å². The van der Waals surface area contributed by atoms with E-state index in [-0.39, 0.29) is 24.5 Å². The van der Waals surface area contributed by atoms with Gasteiger partial charge in [0.05, 0.1) is 24.0 Å². The number of carbonyl (C=O) groups excluding carboxylic acids is 1. The van der Waals surface area contributed by atoms with E-state index in [1.165, 1.54) is 4.90 Å². The minimum Gasteiger partial charge on any atom is -0.388 e. The predicted molar refractivity (Wildman–Crippen MR) is 61.7 cm³/mol. The third-order valence-corrected chi connectivity index (χ3v) is 2.87. The van der Waals surface area contributed by atoms with Crippen molar-refractivity contribution in [3.05, 3.63) is 23.6 Å². The van der Waals surface area contributed by atoms with Gasteiger partial charge in [0.2, 0.25) is 0 Å². The van der Waals surface area contributed by atoms with Crippen molar-refractivity contribution in [3.63, 3.8) is 0 Å². The van der Waals surface area contributed by atoms with Gasteiger partial charge in [0.1, 0.15) is 11.6 Å². The first-order valence-corrected chi connectivity index (χ1v) is 5.51. The van der Waals surface area contributed by atoms with E-state index < -0.39 is 23.9 Å². The molecule has 2 unspecified atom stereocenters. The van der Waals surface area contributed by atoms with E-state index in [1.807, 2.05) is 0 Å². The van der Waals surface area contributed by atoms with Crippen LogP contribution in [0.5, 0.6) is 0 Å². The van der Waals surface area contributed by atoms with Crippen LogP contribution in [-0.2, 0) is 0 Å². The van der Waals surface area contributed by atoms with Gasteiger partial charge in [-0.15, -0.1) is 0 Å². The Morgan fingerprint density at radius 2 is 2.11 bits per heavy atom. The van der Waals surface area contributed by atoms with Crippen LogP contribution in [-0.4, -0.2) is 58.3 Å². The Bertz CT molecular complexity index is 459. The summed E-state index contributed by atoms with van der Waals surface area (Å²) in [6.07, 6.45) is -0.918. The quantitative estimate of drug-likeness (QED) is 0.659. The maximum atomic E-state index is 13.1. The van der Waals surface area contributed by atoms with Crippen LogP contribution < -0.4 is 5.32 Å². The lowest BCUT2D eigenvalue weighted by Gasteiger charge is -2.17. The lowest BCUT2D eigenvalue weighted by Crippen LogP contribution is -2.30. The Morgan fingerprint density at radius 1 is 1.50 bits per heavy atom. The lowest BCUT2D eigenvalue weighted by molar-refractivity contribution is 0.0572. The first-order valence-electron chi connectivity index (χ1n) is 5.51. The van der Waals surface area contributed by atoms with Crippen LogP contribution in [0.1, 0.15) is 10.4 Å². The summed E-state index contributed by atoms with van der Waals surface area (Å²) in [5.74, 6) is -0.822. The first kappa shape index (κ1) is 12.7. The largest absolute Gasteiger partial charge is 0.388 e. The minimum atomic E-state index is -0.964. The highest BCUT2D eigenvalue weighted by molar-refractivity contribution is 5.98. The molecule has 98 valence electrons. The molecule has 0 aromatic carbocycles. The van der Waals surface area contributed by atoms with E-state index >= 15 is 0 Å². The summed E-state index contributed by atoms with van der Waals surface area (Å²) < 4.78 is 13.1. The topological polar surface area (TPSA) is 85.7 Å². The second-order valence-electron chi connectivity index (χ2n) is 4.14. The minimum absolute atomic E-state index is 0.0274. The monoisotopic (exact) mass is 255 g/mol. The molecule has 2 heterocycles. The number of hydrogen-bond acceptors (Lipinski definition) is 5. The highest BCUT2D eigenvalue weighted by atomic mass is 19.1. The van der Waals surface area contributed by atoms with E-state index in [0.29, 0.717) is 0 Å². The van der Waals surface area contributed by atoms with Gasteiger partial charge in [-0.05, 0) is 6.07 Å². The van der Waals surface area contributed by atoms with Crippen molar-refractivity contribution in [3.8, 4) is 0 Å². The van der Waals surface area contributed by atoms with E-state index in [1.54, 1.807) is 7.05 Å². The van der Waals surface area contributed by atoms with Gasteiger partial charge in [0, 0.05) is 20.1 Å². The summed E-state index contributed by atoms with van der Waals surface area (Å²) in [5, 5.41) is 21.5. The van der Waals surface area contributed by atoms with Crippen LogP contribution >= 0.6 is 0 Å². The van der Waals surface area contributed by atoms with Crippen molar-refractivity contribution >= 4 is 11.7 Å². The number of hydrogen-bond donors (Lipinski definition) is 3. The molecule has 1 fully saturated rings.